The van der Waals surface area contributed by atoms with Gasteiger partial charge >= 0.3 is 6.18 Å². The molecule has 2 aliphatic heterocycles. The van der Waals surface area contributed by atoms with Crippen molar-refractivity contribution in [2.24, 2.45) is 5.92 Å². The first-order valence-electron chi connectivity index (χ1n) is 10.9. The molecule has 2 saturated carbocycles. The number of nitrogens with zero attached hydrogens (tertiary/aromatic N) is 2. The van der Waals surface area contributed by atoms with Gasteiger partial charge in [-0.1, -0.05) is 12.8 Å². The third-order valence-corrected chi connectivity index (χ3v) is 7.17. The Hall–Kier alpha value is -1.76. The van der Waals surface area contributed by atoms with E-state index in [4.69, 9.17) is 0 Å². The molecule has 0 aromatic heterocycles. The second-order valence-corrected chi connectivity index (χ2v) is 9.13. The van der Waals surface area contributed by atoms with Gasteiger partial charge in [0.1, 0.15) is 0 Å². The number of halogens is 3. The standard InChI is InChI=1S/C22H28F3N3O/c23-22(24,25)15-5-8-19-14(11-15)12-18(21(29)26-16-6-7-16)20-13-27(9-10-28(19)20)17-3-1-2-4-17/h5,8,11,16-18,20H,1-4,6-7,9-10,12-13H2,(H,26,29). The molecule has 2 unspecified atom stereocenters. The highest BCUT2D eigenvalue weighted by Crippen LogP contribution is 2.40. The second-order valence-electron chi connectivity index (χ2n) is 9.13. The van der Waals surface area contributed by atoms with Crippen molar-refractivity contribution < 1.29 is 18.0 Å². The van der Waals surface area contributed by atoms with Crippen LogP contribution in [0.15, 0.2) is 18.2 Å². The highest BCUT2D eigenvalue weighted by Gasteiger charge is 2.44. The minimum atomic E-state index is -4.36. The number of nitrogens with one attached hydrogen (secondary N) is 1. The molecule has 0 radical (unpaired) electrons. The number of carbonyl (C=O) groups excluding carboxylic acids is 1. The molecule has 1 saturated heterocycles. The topological polar surface area (TPSA) is 35.6 Å². The van der Waals surface area contributed by atoms with Gasteiger partial charge in [-0.3, -0.25) is 9.69 Å². The lowest BCUT2D eigenvalue weighted by Gasteiger charge is -2.50. The van der Waals surface area contributed by atoms with Gasteiger partial charge in [0.05, 0.1) is 17.5 Å². The molecule has 1 aromatic rings. The lowest BCUT2D eigenvalue weighted by molar-refractivity contribution is -0.137. The summed E-state index contributed by atoms with van der Waals surface area (Å²) in [6, 6.07) is 4.95. The Labute approximate surface area is 169 Å². The minimum Gasteiger partial charge on any atom is -0.365 e. The summed E-state index contributed by atoms with van der Waals surface area (Å²) in [5.74, 6) is -0.283. The Morgan fingerprint density at radius 2 is 1.83 bits per heavy atom. The SMILES string of the molecule is O=C(NC1CC1)C1Cc2cc(C(F)(F)F)ccc2N2CCN(C3CCCC3)CC12. The molecule has 0 spiro atoms. The van der Waals surface area contributed by atoms with E-state index in [-0.39, 0.29) is 23.9 Å². The van der Waals surface area contributed by atoms with Gasteiger partial charge in [0.25, 0.3) is 0 Å². The zero-order chi connectivity index (χ0) is 20.2. The van der Waals surface area contributed by atoms with Crippen LogP contribution in [0, 0.1) is 5.92 Å². The first kappa shape index (κ1) is 19.2. The number of hydrogen-bond acceptors (Lipinski definition) is 3. The molecule has 158 valence electrons. The van der Waals surface area contributed by atoms with Gasteiger partial charge in [-0.25, -0.2) is 0 Å². The second kappa shape index (κ2) is 7.18. The van der Waals surface area contributed by atoms with E-state index in [0.29, 0.717) is 18.0 Å². The number of amides is 1. The van der Waals surface area contributed by atoms with Crippen molar-refractivity contribution in [3.63, 3.8) is 0 Å². The normalized spacial score (nSPS) is 28.2. The molecule has 5 rings (SSSR count). The van der Waals surface area contributed by atoms with Crippen molar-refractivity contribution in [2.75, 3.05) is 24.5 Å². The molecule has 0 bridgehead atoms. The van der Waals surface area contributed by atoms with Crippen LogP contribution in [0.1, 0.15) is 49.7 Å². The molecular formula is C22H28F3N3O. The van der Waals surface area contributed by atoms with Gasteiger partial charge in [-0.2, -0.15) is 13.2 Å². The van der Waals surface area contributed by atoms with Crippen LogP contribution in [0.4, 0.5) is 18.9 Å². The van der Waals surface area contributed by atoms with E-state index in [1.165, 1.54) is 37.8 Å². The minimum absolute atomic E-state index is 0.0128. The summed E-state index contributed by atoms with van der Waals surface area (Å²) in [5.41, 5.74) is 0.909. The van der Waals surface area contributed by atoms with E-state index in [9.17, 15) is 18.0 Å². The fourth-order valence-corrected chi connectivity index (χ4v) is 5.46. The van der Waals surface area contributed by atoms with Crippen molar-refractivity contribution in [3.8, 4) is 0 Å². The molecule has 2 heterocycles. The monoisotopic (exact) mass is 407 g/mol. The highest BCUT2D eigenvalue weighted by atomic mass is 19.4. The first-order chi connectivity index (χ1) is 13.9. The fourth-order valence-electron chi connectivity index (χ4n) is 5.46. The molecule has 1 amide bonds. The van der Waals surface area contributed by atoms with Crippen LogP contribution >= 0.6 is 0 Å². The molecule has 3 fully saturated rings. The number of anilines is 1. The van der Waals surface area contributed by atoms with E-state index < -0.39 is 11.7 Å². The zero-order valence-electron chi connectivity index (χ0n) is 16.5. The van der Waals surface area contributed by atoms with E-state index in [0.717, 1.165) is 38.2 Å². The number of rotatable bonds is 3. The molecule has 1 N–H and O–H groups in total. The average Bonchev–Trinajstić information content (AvgIpc) is 3.34. The number of alkyl halides is 3. The largest absolute Gasteiger partial charge is 0.416 e. The Bertz CT molecular complexity index is 786. The molecule has 1 aromatic carbocycles. The van der Waals surface area contributed by atoms with Crippen molar-refractivity contribution >= 4 is 11.6 Å². The predicted molar refractivity (Wildman–Crippen MR) is 105 cm³/mol. The molecule has 4 nitrogen and oxygen atoms in total. The van der Waals surface area contributed by atoms with Crippen LogP contribution in [0.2, 0.25) is 0 Å². The number of fused-ring (bicyclic) bond motifs is 3. The third kappa shape index (κ3) is 3.74. The van der Waals surface area contributed by atoms with E-state index in [1.54, 1.807) is 6.07 Å². The quantitative estimate of drug-likeness (QED) is 0.832. The van der Waals surface area contributed by atoms with Crippen LogP contribution in [0.5, 0.6) is 0 Å². The summed E-state index contributed by atoms with van der Waals surface area (Å²) < 4.78 is 39.8. The van der Waals surface area contributed by atoms with Crippen LogP contribution in [0.3, 0.4) is 0 Å². The Morgan fingerprint density at radius 3 is 2.52 bits per heavy atom. The van der Waals surface area contributed by atoms with Gasteiger partial charge in [0, 0.05) is 37.4 Å². The maximum atomic E-state index is 13.3. The maximum Gasteiger partial charge on any atom is 0.416 e. The smallest absolute Gasteiger partial charge is 0.365 e. The number of benzene rings is 1. The van der Waals surface area contributed by atoms with Crippen molar-refractivity contribution in [1.82, 2.24) is 10.2 Å². The molecule has 2 atom stereocenters. The van der Waals surface area contributed by atoms with Gasteiger partial charge in [-0.05, 0) is 55.9 Å². The first-order valence-corrected chi connectivity index (χ1v) is 10.9. The van der Waals surface area contributed by atoms with Gasteiger partial charge in [0.15, 0.2) is 0 Å². The lowest BCUT2D eigenvalue weighted by Crippen LogP contribution is -2.62. The average molecular weight is 407 g/mol. The fraction of sp³-hybridized carbons (Fsp3) is 0.682. The van der Waals surface area contributed by atoms with Crippen LogP contribution in [0.25, 0.3) is 0 Å². The van der Waals surface area contributed by atoms with Crippen molar-refractivity contribution in [2.45, 2.75) is 69.2 Å². The molecule has 7 heteroatoms. The van der Waals surface area contributed by atoms with E-state index >= 15 is 0 Å². The summed E-state index contributed by atoms with van der Waals surface area (Å²) >= 11 is 0. The van der Waals surface area contributed by atoms with Crippen molar-refractivity contribution in [3.05, 3.63) is 29.3 Å². The lowest BCUT2D eigenvalue weighted by atomic mass is 9.82. The summed E-state index contributed by atoms with van der Waals surface area (Å²) in [4.78, 5) is 17.8. The van der Waals surface area contributed by atoms with E-state index in [1.807, 2.05) is 0 Å². The van der Waals surface area contributed by atoms with E-state index in [2.05, 4.69) is 15.1 Å². The predicted octanol–water partition coefficient (Wildman–Crippen LogP) is 3.59. The summed E-state index contributed by atoms with van der Waals surface area (Å²) in [6.45, 7) is 2.51. The van der Waals surface area contributed by atoms with Crippen LogP contribution < -0.4 is 10.2 Å². The summed E-state index contributed by atoms with van der Waals surface area (Å²) in [6.07, 6.45) is 3.02. The Morgan fingerprint density at radius 1 is 1.07 bits per heavy atom. The zero-order valence-corrected chi connectivity index (χ0v) is 16.5. The van der Waals surface area contributed by atoms with Crippen molar-refractivity contribution in [1.29, 1.82) is 0 Å². The third-order valence-electron chi connectivity index (χ3n) is 7.17. The highest BCUT2D eigenvalue weighted by molar-refractivity contribution is 5.82. The number of carbonyl (C=O) groups is 1. The number of piperazine rings is 1. The molecular weight excluding hydrogens is 379 g/mol. The molecule has 4 aliphatic rings. The molecule has 29 heavy (non-hydrogen) atoms. The van der Waals surface area contributed by atoms with Gasteiger partial charge < -0.3 is 10.2 Å². The van der Waals surface area contributed by atoms with Crippen LogP contribution in [-0.4, -0.2) is 48.6 Å². The summed E-state index contributed by atoms with van der Waals surface area (Å²) in [7, 11) is 0. The molecule has 2 aliphatic carbocycles. The Balaban J connectivity index is 1.45. The Kier molecular flexibility index (Phi) is 4.76. The maximum absolute atomic E-state index is 13.3. The number of hydrogen-bond donors (Lipinski definition) is 1. The van der Waals surface area contributed by atoms with Crippen LogP contribution in [-0.2, 0) is 17.4 Å². The summed E-state index contributed by atoms with van der Waals surface area (Å²) in [5, 5.41) is 3.11. The van der Waals surface area contributed by atoms with Gasteiger partial charge in [-0.15, -0.1) is 0 Å². The van der Waals surface area contributed by atoms with Gasteiger partial charge in [0.2, 0.25) is 5.91 Å².